The molecule has 0 aliphatic rings. The molecule has 0 heterocycles. The third-order valence-corrected chi connectivity index (χ3v) is 3.46. The average molecular weight is 341 g/mol. The van der Waals surface area contributed by atoms with Crippen LogP contribution in [0.4, 0.5) is 0 Å². The molecule has 5 heteroatoms. The van der Waals surface area contributed by atoms with E-state index in [1.165, 1.54) is 0 Å². The number of benzene rings is 2. The van der Waals surface area contributed by atoms with E-state index in [0.29, 0.717) is 34.0 Å². The Morgan fingerprint density at radius 1 is 1.05 bits per heavy atom. The van der Waals surface area contributed by atoms with Crippen LogP contribution in [-0.4, -0.2) is 6.54 Å². The van der Waals surface area contributed by atoms with Crippen molar-refractivity contribution in [3.8, 4) is 17.6 Å². The molecule has 0 aliphatic heterocycles. The van der Waals surface area contributed by atoms with E-state index in [0.717, 1.165) is 11.1 Å². The van der Waals surface area contributed by atoms with Crippen molar-refractivity contribution in [2.45, 2.75) is 6.61 Å². The van der Waals surface area contributed by atoms with Crippen LogP contribution in [0.2, 0.25) is 15.1 Å². The van der Waals surface area contributed by atoms with Crippen LogP contribution in [0.25, 0.3) is 0 Å². The van der Waals surface area contributed by atoms with E-state index in [-0.39, 0.29) is 0 Å². The highest BCUT2D eigenvalue weighted by Crippen LogP contribution is 2.36. The second-order valence-corrected chi connectivity index (χ2v) is 5.40. The maximum Gasteiger partial charge on any atom is 0.157 e. The monoisotopic (exact) mass is 339 g/mol. The molecular formula is C16H12Cl3NO. The summed E-state index contributed by atoms with van der Waals surface area (Å²) in [7, 11) is 0. The van der Waals surface area contributed by atoms with Crippen LogP contribution < -0.4 is 10.5 Å². The van der Waals surface area contributed by atoms with Gasteiger partial charge < -0.3 is 10.5 Å². The van der Waals surface area contributed by atoms with Gasteiger partial charge in [0, 0.05) is 16.1 Å². The first-order valence-corrected chi connectivity index (χ1v) is 7.29. The lowest BCUT2D eigenvalue weighted by molar-refractivity contribution is 0.306. The molecule has 0 saturated heterocycles. The second-order valence-electron chi connectivity index (χ2n) is 4.15. The highest BCUT2D eigenvalue weighted by atomic mass is 35.5. The largest absolute Gasteiger partial charge is 0.486 e. The first-order valence-electron chi connectivity index (χ1n) is 6.16. The fourth-order valence-corrected chi connectivity index (χ4v) is 2.66. The molecule has 21 heavy (non-hydrogen) atoms. The first-order chi connectivity index (χ1) is 10.1. The van der Waals surface area contributed by atoms with E-state index in [2.05, 4.69) is 11.8 Å². The molecule has 0 saturated carbocycles. The third-order valence-electron chi connectivity index (χ3n) is 2.68. The molecule has 2 N–H and O–H groups in total. The Kier molecular flexibility index (Phi) is 5.78. The number of hydrogen-bond acceptors (Lipinski definition) is 2. The number of ether oxygens (including phenoxy) is 1. The molecule has 0 aromatic heterocycles. The number of hydrogen-bond donors (Lipinski definition) is 1. The summed E-state index contributed by atoms with van der Waals surface area (Å²) < 4.78 is 5.71. The molecule has 2 aromatic rings. The van der Waals surface area contributed by atoms with Gasteiger partial charge in [-0.1, -0.05) is 64.8 Å². The van der Waals surface area contributed by atoms with Gasteiger partial charge in [0.1, 0.15) is 6.61 Å². The molecule has 108 valence electrons. The molecule has 2 aromatic carbocycles. The van der Waals surface area contributed by atoms with Gasteiger partial charge in [0.15, 0.2) is 5.75 Å². The van der Waals surface area contributed by atoms with E-state index in [1.54, 1.807) is 12.1 Å². The van der Waals surface area contributed by atoms with Crippen LogP contribution in [0.1, 0.15) is 11.1 Å². The van der Waals surface area contributed by atoms with Crippen LogP contribution in [0, 0.1) is 11.8 Å². The van der Waals surface area contributed by atoms with Gasteiger partial charge in [0.05, 0.1) is 16.6 Å². The summed E-state index contributed by atoms with van der Waals surface area (Å²) >= 11 is 18.0. The summed E-state index contributed by atoms with van der Waals surface area (Å²) in [6, 6.07) is 10.8. The molecule has 0 radical (unpaired) electrons. The smallest absolute Gasteiger partial charge is 0.157 e. The van der Waals surface area contributed by atoms with Crippen LogP contribution in [-0.2, 0) is 6.61 Å². The van der Waals surface area contributed by atoms with Crippen molar-refractivity contribution < 1.29 is 4.74 Å². The van der Waals surface area contributed by atoms with Crippen molar-refractivity contribution in [1.82, 2.24) is 0 Å². The van der Waals surface area contributed by atoms with Crippen molar-refractivity contribution >= 4 is 34.8 Å². The number of rotatable bonds is 3. The minimum Gasteiger partial charge on any atom is -0.486 e. The van der Waals surface area contributed by atoms with Crippen molar-refractivity contribution in [2.75, 3.05) is 6.54 Å². The minimum absolute atomic E-state index is 0.302. The molecule has 0 unspecified atom stereocenters. The summed E-state index contributed by atoms with van der Waals surface area (Å²) in [5.74, 6) is 6.24. The van der Waals surface area contributed by atoms with Crippen LogP contribution in [0.3, 0.4) is 0 Å². The van der Waals surface area contributed by atoms with E-state index in [9.17, 15) is 0 Å². The second kappa shape index (κ2) is 7.59. The predicted octanol–water partition coefficient (Wildman–Crippen LogP) is 4.54. The van der Waals surface area contributed by atoms with Crippen molar-refractivity contribution in [3.63, 3.8) is 0 Å². The summed E-state index contributed by atoms with van der Waals surface area (Å²) in [6.45, 7) is 0.612. The number of halogens is 3. The SMILES string of the molecule is NCC#Cc1ccccc1COc1c(Cl)cc(Cl)cc1Cl. The van der Waals surface area contributed by atoms with Gasteiger partial charge in [-0.2, -0.15) is 0 Å². The van der Waals surface area contributed by atoms with Crippen molar-refractivity contribution in [2.24, 2.45) is 5.73 Å². The average Bonchev–Trinajstić information content (AvgIpc) is 2.45. The quantitative estimate of drug-likeness (QED) is 0.833. The Hall–Kier alpha value is -1.37. The molecule has 2 rings (SSSR count). The fraction of sp³-hybridized carbons (Fsp3) is 0.125. The molecule has 0 spiro atoms. The van der Waals surface area contributed by atoms with E-state index in [1.807, 2.05) is 24.3 Å². The molecule has 0 atom stereocenters. The summed E-state index contributed by atoms with van der Waals surface area (Å²) in [5, 5.41) is 1.21. The fourth-order valence-electron chi connectivity index (χ4n) is 1.73. The summed E-state index contributed by atoms with van der Waals surface area (Å²) in [5.41, 5.74) is 7.19. The summed E-state index contributed by atoms with van der Waals surface area (Å²) in [4.78, 5) is 0. The van der Waals surface area contributed by atoms with Crippen molar-refractivity contribution in [3.05, 3.63) is 62.6 Å². The molecule has 0 bridgehead atoms. The Morgan fingerprint density at radius 3 is 2.38 bits per heavy atom. The van der Waals surface area contributed by atoms with E-state index < -0.39 is 0 Å². The zero-order valence-corrected chi connectivity index (χ0v) is 13.3. The molecule has 0 amide bonds. The molecule has 2 nitrogen and oxygen atoms in total. The molecule has 0 fully saturated rings. The predicted molar refractivity (Wildman–Crippen MR) is 88.2 cm³/mol. The molecular weight excluding hydrogens is 329 g/mol. The molecule has 0 aliphatic carbocycles. The van der Waals surface area contributed by atoms with Gasteiger partial charge in [0.25, 0.3) is 0 Å². The van der Waals surface area contributed by atoms with Gasteiger partial charge in [-0.25, -0.2) is 0 Å². The maximum atomic E-state index is 6.09. The van der Waals surface area contributed by atoms with Crippen LogP contribution in [0.5, 0.6) is 5.75 Å². The number of nitrogens with two attached hydrogens (primary N) is 1. The Labute approximate surface area is 138 Å². The van der Waals surface area contributed by atoms with Gasteiger partial charge in [-0.15, -0.1) is 0 Å². The highest BCUT2D eigenvalue weighted by Gasteiger charge is 2.10. The topological polar surface area (TPSA) is 35.2 Å². The zero-order chi connectivity index (χ0) is 15.2. The zero-order valence-electron chi connectivity index (χ0n) is 11.0. The highest BCUT2D eigenvalue weighted by molar-refractivity contribution is 6.40. The standard InChI is InChI=1S/C16H12Cl3NO/c17-13-8-14(18)16(15(19)9-13)21-10-12-5-2-1-4-11(12)6-3-7-20/h1-2,4-5,8-9H,7,10,20H2. The van der Waals surface area contributed by atoms with Gasteiger partial charge >= 0.3 is 0 Å². The minimum atomic E-state index is 0.302. The van der Waals surface area contributed by atoms with E-state index in [4.69, 9.17) is 45.3 Å². The van der Waals surface area contributed by atoms with Crippen molar-refractivity contribution in [1.29, 1.82) is 0 Å². The van der Waals surface area contributed by atoms with Gasteiger partial charge in [-0.05, 0) is 18.2 Å². The Balaban J connectivity index is 2.21. The Bertz CT molecular complexity index is 681. The Morgan fingerprint density at radius 2 is 1.71 bits per heavy atom. The van der Waals surface area contributed by atoms with Gasteiger partial charge in [0.2, 0.25) is 0 Å². The lowest BCUT2D eigenvalue weighted by atomic mass is 10.1. The summed E-state index contributed by atoms with van der Waals surface area (Å²) in [6.07, 6.45) is 0. The lowest BCUT2D eigenvalue weighted by Crippen LogP contribution is -2.00. The van der Waals surface area contributed by atoms with Crippen LogP contribution >= 0.6 is 34.8 Å². The van der Waals surface area contributed by atoms with E-state index >= 15 is 0 Å². The lowest BCUT2D eigenvalue weighted by Gasteiger charge is -2.11. The maximum absolute atomic E-state index is 6.09. The van der Waals surface area contributed by atoms with Gasteiger partial charge in [-0.3, -0.25) is 0 Å². The van der Waals surface area contributed by atoms with Crippen LogP contribution in [0.15, 0.2) is 36.4 Å². The normalized spacial score (nSPS) is 9.90. The first kappa shape index (κ1) is 16.0. The third kappa shape index (κ3) is 4.30.